The molecule has 0 aliphatic heterocycles. The molecule has 0 unspecified atom stereocenters. The molecule has 0 aromatic carbocycles. The molecule has 172 valence electrons. The zero-order valence-corrected chi connectivity index (χ0v) is 18.7. The molecule has 0 fully saturated rings. The number of hydrogen-bond donors (Lipinski definition) is 4. The maximum Gasteiger partial charge on any atom is 0.324 e. The number of carbonyl (C=O) groups is 2. The number of nitrogens with two attached hydrogens (primary N) is 2. The first-order chi connectivity index (χ1) is 13.5. The molecule has 0 bridgehead atoms. The summed E-state index contributed by atoms with van der Waals surface area (Å²) in [6.45, 7) is 2.56. The Kier molecular flexibility index (Phi) is 21.7. The fraction of sp³-hybridized carbons (Fsp3) is 0.850. The second-order valence-corrected chi connectivity index (χ2v) is 7.22. The molecule has 0 amide bonds. The van der Waals surface area contributed by atoms with Crippen LogP contribution in [0.25, 0.3) is 0 Å². The first-order valence-corrected chi connectivity index (χ1v) is 10.7. The van der Waals surface area contributed by atoms with E-state index in [1.165, 1.54) is 51.4 Å². The minimum absolute atomic E-state index is 0. The van der Waals surface area contributed by atoms with Gasteiger partial charge < -0.3 is 21.4 Å². The van der Waals surface area contributed by atoms with Crippen LogP contribution in [0, 0.1) is 0 Å². The molecular formula is C20H41ClN4O4. The van der Waals surface area contributed by atoms with Gasteiger partial charge in [-0.15, -0.1) is 17.9 Å². The zero-order chi connectivity index (χ0) is 21.0. The molecule has 6 N–H and O–H groups in total. The fourth-order valence-electron chi connectivity index (χ4n) is 2.86. The minimum Gasteiger partial charge on any atom is -0.480 e. The highest BCUT2D eigenvalue weighted by Crippen LogP contribution is 2.12. The van der Waals surface area contributed by atoms with Crippen LogP contribution in [0.4, 0.5) is 0 Å². The molecule has 8 nitrogen and oxygen atoms in total. The number of nitrogens with one attached hydrogen (secondary N) is 1. The van der Waals surface area contributed by atoms with E-state index in [9.17, 15) is 9.59 Å². The fourth-order valence-corrected chi connectivity index (χ4v) is 2.86. The number of aliphatic carboxylic acids is 1. The number of carbonyl (C=O) groups excluding carboxylic acids is 1. The van der Waals surface area contributed by atoms with Crippen molar-refractivity contribution >= 4 is 30.3 Å². The van der Waals surface area contributed by atoms with Gasteiger partial charge in [0.1, 0.15) is 6.04 Å². The number of carboxylic acids is 1. The number of rotatable bonds is 19. The van der Waals surface area contributed by atoms with E-state index in [0.717, 1.165) is 19.3 Å². The van der Waals surface area contributed by atoms with E-state index in [1.54, 1.807) is 0 Å². The van der Waals surface area contributed by atoms with Gasteiger partial charge in [0.15, 0.2) is 5.96 Å². The Bertz CT molecular complexity index is 446. The van der Waals surface area contributed by atoms with Crippen LogP contribution in [0.3, 0.4) is 0 Å². The van der Waals surface area contributed by atoms with Gasteiger partial charge in [-0.2, -0.15) is 0 Å². The molecular weight excluding hydrogens is 396 g/mol. The molecule has 0 aromatic rings. The second-order valence-electron chi connectivity index (χ2n) is 7.22. The third-order valence-electron chi connectivity index (χ3n) is 4.54. The van der Waals surface area contributed by atoms with Crippen LogP contribution in [-0.2, 0) is 14.4 Å². The summed E-state index contributed by atoms with van der Waals surface area (Å²) in [5, 5.41) is 9.13. The van der Waals surface area contributed by atoms with E-state index in [-0.39, 0.29) is 24.8 Å². The van der Waals surface area contributed by atoms with Gasteiger partial charge in [0.25, 0.3) is 0 Å². The topological polar surface area (TPSA) is 140 Å². The molecule has 1 atom stereocenters. The summed E-state index contributed by atoms with van der Waals surface area (Å²) in [5.41, 5.74) is 12.8. The van der Waals surface area contributed by atoms with Crippen molar-refractivity contribution in [3.63, 3.8) is 0 Å². The highest BCUT2D eigenvalue weighted by molar-refractivity contribution is 5.85. The molecule has 0 radical (unpaired) electrons. The van der Waals surface area contributed by atoms with E-state index in [4.69, 9.17) is 21.4 Å². The summed E-state index contributed by atoms with van der Waals surface area (Å²) in [7, 11) is 0. The molecule has 0 rings (SSSR count). The van der Waals surface area contributed by atoms with E-state index >= 15 is 0 Å². The lowest BCUT2D eigenvalue weighted by molar-refractivity contribution is -0.158. The van der Waals surface area contributed by atoms with Gasteiger partial charge in [-0.05, 0) is 19.3 Å². The van der Waals surface area contributed by atoms with Gasteiger partial charge in [-0.1, -0.05) is 71.1 Å². The lowest BCUT2D eigenvalue weighted by Crippen LogP contribution is -2.38. The van der Waals surface area contributed by atoms with Crippen molar-refractivity contribution in [2.24, 2.45) is 16.5 Å². The molecule has 0 spiro atoms. The van der Waals surface area contributed by atoms with Crippen LogP contribution >= 0.6 is 12.4 Å². The highest BCUT2D eigenvalue weighted by atomic mass is 35.5. The van der Waals surface area contributed by atoms with Gasteiger partial charge >= 0.3 is 11.9 Å². The Balaban J connectivity index is 0. The van der Waals surface area contributed by atoms with Gasteiger partial charge in [0, 0.05) is 13.0 Å². The smallest absolute Gasteiger partial charge is 0.324 e. The van der Waals surface area contributed by atoms with Crippen molar-refractivity contribution in [1.82, 2.24) is 5.48 Å². The van der Waals surface area contributed by atoms with E-state index in [2.05, 4.69) is 17.4 Å². The number of guanidine groups is 1. The highest BCUT2D eigenvalue weighted by Gasteiger charge is 2.18. The van der Waals surface area contributed by atoms with Gasteiger partial charge in [0.2, 0.25) is 0 Å². The Labute approximate surface area is 181 Å². The van der Waals surface area contributed by atoms with Crippen LogP contribution in [-0.4, -0.2) is 35.6 Å². The first-order valence-electron chi connectivity index (χ1n) is 10.7. The van der Waals surface area contributed by atoms with E-state index in [1.807, 2.05) is 0 Å². The van der Waals surface area contributed by atoms with Crippen molar-refractivity contribution < 1.29 is 19.5 Å². The lowest BCUT2D eigenvalue weighted by atomic mass is 10.1. The SMILES string of the molecule is CCCCCCCCCCCCCC(=O)ON[C@@H](CCCN=C(N)N)C(=O)O.Cl. The van der Waals surface area contributed by atoms with Gasteiger partial charge in [-0.3, -0.25) is 14.6 Å². The lowest BCUT2D eigenvalue weighted by Gasteiger charge is -2.13. The maximum atomic E-state index is 11.7. The summed E-state index contributed by atoms with van der Waals surface area (Å²) < 4.78 is 0. The predicted molar refractivity (Wildman–Crippen MR) is 119 cm³/mol. The zero-order valence-electron chi connectivity index (χ0n) is 17.9. The Morgan fingerprint density at radius 2 is 1.45 bits per heavy atom. The van der Waals surface area contributed by atoms with Crippen molar-refractivity contribution in [2.45, 2.75) is 103 Å². The van der Waals surface area contributed by atoms with Crippen molar-refractivity contribution in [2.75, 3.05) is 6.54 Å². The average molecular weight is 437 g/mol. The molecule has 29 heavy (non-hydrogen) atoms. The number of carboxylic acid groups (broad SMARTS) is 1. The van der Waals surface area contributed by atoms with Crippen molar-refractivity contribution in [3.05, 3.63) is 0 Å². The number of hydroxylamine groups is 1. The van der Waals surface area contributed by atoms with Crippen LogP contribution in [0.15, 0.2) is 4.99 Å². The summed E-state index contributed by atoms with van der Waals surface area (Å²) in [4.78, 5) is 31.5. The van der Waals surface area contributed by atoms with Crippen LogP contribution in [0.5, 0.6) is 0 Å². The second kappa shape index (κ2) is 21.2. The number of unbranched alkanes of at least 4 members (excludes halogenated alkanes) is 10. The minimum atomic E-state index is -1.08. The number of aliphatic imine (C=N–C) groups is 1. The number of halogens is 1. The molecule has 0 aromatic heterocycles. The average Bonchev–Trinajstić information content (AvgIpc) is 2.64. The van der Waals surface area contributed by atoms with Crippen molar-refractivity contribution in [1.29, 1.82) is 0 Å². The molecule has 0 saturated carbocycles. The number of nitrogens with zero attached hydrogens (tertiary/aromatic N) is 1. The summed E-state index contributed by atoms with van der Waals surface area (Å²) in [6.07, 6.45) is 14.3. The maximum absolute atomic E-state index is 11.7. The largest absolute Gasteiger partial charge is 0.480 e. The van der Waals surface area contributed by atoms with Crippen LogP contribution < -0.4 is 16.9 Å². The monoisotopic (exact) mass is 436 g/mol. The Morgan fingerprint density at radius 1 is 0.931 bits per heavy atom. The standard InChI is InChI=1S/C20H40N4O4.ClH/c1-2-3-4-5-6-7-8-9-10-11-12-15-18(25)28-24-17(19(26)27)14-13-16-23-20(21)22;/h17,24H,2-16H2,1H3,(H,26,27)(H4,21,22,23);1H/t17-;/m0./s1. The quantitative estimate of drug-likeness (QED) is 0.105. The van der Waals surface area contributed by atoms with Crippen LogP contribution in [0.1, 0.15) is 96.8 Å². The van der Waals surface area contributed by atoms with Crippen LogP contribution in [0.2, 0.25) is 0 Å². The van der Waals surface area contributed by atoms with E-state index < -0.39 is 18.0 Å². The first kappa shape index (κ1) is 29.7. The predicted octanol–water partition coefficient (Wildman–Crippen LogP) is 3.66. The van der Waals surface area contributed by atoms with Gasteiger partial charge in [0.05, 0.1) is 0 Å². The Morgan fingerprint density at radius 3 is 1.93 bits per heavy atom. The molecule has 0 aliphatic rings. The third kappa shape index (κ3) is 21.0. The van der Waals surface area contributed by atoms with Gasteiger partial charge in [-0.25, -0.2) is 0 Å². The number of hydrogen-bond acceptors (Lipinski definition) is 5. The molecule has 9 heteroatoms. The molecule has 0 saturated heterocycles. The summed E-state index contributed by atoms with van der Waals surface area (Å²) in [6, 6.07) is -0.963. The third-order valence-corrected chi connectivity index (χ3v) is 4.54. The summed E-state index contributed by atoms with van der Waals surface area (Å²) >= 11 is 0. The van der Waals surface area contributed by atoms with Crippen molar-refractivity contribution in [3.8, 4) is 0 Å². The molecule has 0 heterocycles. The van der Waals surface area contributed by atoms with E-state index in [0.29, 0.717) is 19.4 Å². The normalized spacial score (nSPS) is 11.3. The Hall–Kier alpha value is -1.54. The summed E-state index contributed by atoms with van der Waals surface area (Å²) in [5.74, 6) is -1.53. The molecule has 0 aliphatic carbocycles.